The number of rotatable bonds is 3. The van der Waals surface area contributed by atoms with Crippen molar-refractivity contribution in [2.75, 3.05) is 19.7 Å². The first-order valence-corrected chi connectivity index (χ1v) is 7.58. The minimum absolute atomic E-state index is 0.118. The number of benzene rings is 1. The van der Waals surface area contributed by atoms with Gasteiger partial charge < -0.3 is 24.6 Å². The Morgan fingerprint density at radius 2 is 2.35 bits per heavy atom. The Balaban J connectivity index is 1.57. The van der Waals surface area contributed by atoms with Crippen molar-refractivity contribution in [1.29, 1.82) is 0 Å². The van der Waals surface area contributed by atoms with Crippen LogP contribution in [0.3, 0.4) is 0 Å². The molecule has 0 spiro atoms. The van der Waals surface area contributed by atoms with Crippen LogP contribution in [-0.4, -0.2) is 45.3 Å². The largest absolute Gasteiger partial charge is 0.508 e. The molecule has 2 aromatic rings. The molecule has 2 N–H and O–H groups in total. The second-order valence-electron chi connectivity index (χ2n) is 5.46. The summed E-state index contributed by atoms with van der Waals surface area (Å²) in [6.07, 6.45) is 3.64. The maximum atomic E-state index is 12.3. The van der Waals surface area contributed by atoms with Crippen molar-refractivity contribution in [2.24, 2.45) is 0 Å². The molecule has 1 aliphatic rings. The van der Waals surface area contributed by atoms with Gasteiger partial charge in [0, 0.05) is 37.1 Å². The van der Waals surface area contributed by atoms with E-state index < -0.39 is 0 Å². The number of ether oxygens (including phenoxy) is 1. The third-order valence-electron chi connectivity index (χ3n) is 3.87. The molecule has 0 atom stereocenters. The van der Waals surface area contributed by atoms with E-state index in [0.29, 0.717) is 38.5 Å². The third kappa shape index (κ3) is 3.56. The van der Waals surface area contributed by atoms with Crippen molar-refractivity contribution >= 4 is 6.03 Å². The van der Waals surface area contributed by atoms with Gasteiger partial charge in [-0.25, -0.2) is 9.78 Å². The van der Waals surface area contributed by atoms with E-state index in [9.17, 15) is 9.90 Å². The maximum absolute atomic E-state index is 12.3. The number of amides is 2. The van der Waals surface area contributed by atoms with Crippen molar-refractivity contribution in [2.45, 2.75) is 20.0 Å². The van der Waals surface area contributed by atoms with Gasteiger partial charge >= 0.3 is 6.03 Å². The molecule has 0 saturated carbocycles. The standard InChI is InChI=1S/C16H20N4O3/c1-12-17-4-6-19(12)7-5-18-16(22)20-8-9-23-15-10-14(21)3-2-13(15)11-20/h2-4,6,10,21H,5,7-9,11H2,1H3,(H,18,22). The SMILES string of the molecule is Cc1nccn1CCNC(=O)N1CCOc2cc(O)ccc2C1. The number of nitrogens with zero attached hydrogens (tertiary/aromatic N) is 3. The number of imidazole rings is 1. The first-order chi connectivity index (χ1) is 11.1. The molecule has 0 fully saturated rings. The molecule has 0 bridgehead atoms. The highest BCUT2D eigenvalue weighted by Gasteiger charge is 2.19. The number of carbonyl (C=O) groups is 1. The fourth-order valence-electron chi connectivity index (χ4n) is 2.57. The first kappa shape index (κ1) is 15.2. The van der Waals surface area contributed by atoms with Crippen LogP contribution in [0.25, 0.3) is 0 Å². The lowest BCUT2D eigenvalue weighted by atomic mass is 10.2. The lowest BCUT2D eigenvalue weighted by molar-refractivity contribution is 0.187. The van der Waals surface area contributed by atoms with Crippen molar-refractivity contribution in [3.8, 4) is 11.5 Å². The predicted octanol–water partition coefficient (Wildman–Crippen LogP) is 1.50. The lowest BCUT2D eigenvalue weighted by Gasteiger charge is -2.20. The minimum Gasteiger partial charge on any atom is -0.508 e. The number of fused-ring (bicyclic) bond motifs is 1. The quantitative estimate of drug-likeness (QED) is 0.899. The van der Waals surface area contributed by atoms with E-state index in [4.69, 9.17) is 4.74 Å². The average Bonchev–Trinajstić information content (AvgIpc) is 2.82. The number of nitrogens with one attached hydrogen (secondary N) is 1. The number of aryl methyl sites for hydroxylation is 1. The van der Waals surface area contributed by atoms with Crippen molar-refractivity contribution in [1.82, 2.24) is 19.8 Å². The van der Waals surface area contributed by atoms with Crippen molar-refractivity contribution < 1.29 is 14.6 Å². The summed E-state index contributed by atoms with van der Waals surface area (Å²) in [4.78, 5) is 18.2. The van der Waals surface area contributed by atoms with Crippen LogP contribution in [0.15, 0.2) is 30.6 Å². The summed E-state index contributed by atoms with van der Waals surface area (Å²) in [7, 11) is 0. The maximum Gasteiger partial charge on any atom is 0.317 e. The molecule has 1 aromatic carbocycles. The van der Waals surface area contributed by atoms with Gasteiger partial charge in [-0.05, 0) is 19.1 Å². The van der Waals surface area contributed by atoms with Gasteiger partial charge in [0.1, 0.15) is 23.9 Å². The van der Waals surface area contributed by atoms with Gasteiger partial charge in [-0.15, -0.1) is 0 Å². The Morgan fingerprint density at radius 3 is 3.13 bits per heavy atom. The summed E-state index contributed by atoms with van der Waals surface area (Å²) in [6.45, 7) is 4.53. The zero-order valence-corrected chi connectivity index (χ0v) is 13.0. The fourth-order valence-corrected chi connectivity index (χ4v) is 2.57. The smallest absolute Gasteiger partial charge is 0.317 e. The highest BCUT2D eigenvalue weighted by molar-refractivity contribution is 5.74. The molecule has 1 aliphatic heterocycles. The summed E-state index contributed by atoms with van der Waals surface area (Å²) >= 11 is 0. The van der Waals surface area contributed by atoms with Gasteiger partial charge in [0.25, 0.3) is 0 Å². The van der Waals surface area contributed by atoms with Gasteiger partial charge in [-0.3, -0.25) is 0 Å². The number of phenols is 1. The normalized spacial score (nSPS) is 13.9. The molecule has 23 heavy (non-hydrogen) atoms. The first-order valence-electron chi connectivity index (χ1n) is 7.58. The summed E-state index contributed by atoms with van der Waals surface area (Å²) < 4.78 is 7.58. The third-order valence-corrected chi connectivity index (χ3v) is 3.87. The van der Waals surface area contributed by atoms with Crippen LogP contribution in [0.5, 0.6) is 11.5 Å². The van der Waals surface area contributed by atoms with Crippen LogP contribution in [0.2, 0.25) is 0 Å². The Bertz CT molecular complexity index is 698. The average molecular weight is 316 g/mol. The minimum atomic E-state index is -0.118. The van der Waals surface area contributed by atoms with E-state index in [-0.39, 0.29) is 11.8 Å². The fraction of sp³-hybridized carbons (Fsp3) is 0.375. The van der Waals surface area contributed by atoms with E-state index >= 15 is 0 Å². The molecule has 2 amide bonds. The van der Waals surface area contributed by atoms with Gasteiger partial charge in [-0.2, -0.15) is 0 Å². The van der Waals surface area contributed by atoms with Crippen LogP contribution in [0, 0.1) is 6.92 Å². The Labute approximate surface area is 134 Å². The number of aromatic nitrogens is 2. The summed E-state index contributed by atoms with van der Waals surface area (Å²) in [5, 5.41) is 12.4. The van der Waals surface area contributed by atoms with Crippen LogP contribution >= 0.6 is 0 Å². The van der Waals surface area contributed by atoms with E-state index in [2.05, 4.69) is 10.3 Å². The number of phenolic OH excluding ortho intramolecular Hbond substituents is 1. The molecule has 7 nitrogen and oxygen atoms in total. The molecule has 0 saturated heterocycles. The van der Waals surface area contributed by atoms with Crippen LogP contribution in [0.4, 0.5) is 4.79 Å². The molecule has 3 rings (SSSR count). The van der Waals surface area contributed by atoms with E-state index in [1.54, 1.807) is 29.3 Å². The summed E-state index contributed by atoms with van der Waals surface area (Å²) in [5.41, 5.74) is 0.890. The van der Waals surface area contributed by atoms with Gasteiger partial charge in [0.2, 0.25) is 0 Å². The molecule has 0 unspecified atom stereocenters. The molecular weight excluding hydrogens is 296 g/mol. The second-order valence-corrected chi connectivity index (χ2v) is 5.46. The number of hydrogen-bond acceptors (Lipinski definition) is 4. The summed E-state index contributed by atoms with van der Waals surface area (Å²) in [5.74, 6) is 1.72. The molecule has 2 heterocycles. The van der Waals surface area contributed by atoms with Gasteiger partial charge in [-0.1, -0.05) is 0 Å². The number of aromatic hydroxyl groups is 1. The monoisotopic (exact) mass is 316 g/mol. The molecule has 122 valence electrons. The molecule has 1 aromatic heterocycles. The van der Waals surface area contributed by atoms with Crippen LogP contribution < -0.4 is 10.1 Å². The highest BCUT2D eigenvalue weighted by atomic mass is 16.5. The molecular formula is C16H20N4O3. The van der Waals surface area contributed by atoms with Crippen molar-refractivity contribution in [3.05, 3.63) is 42.0 Å². The van der Waals surface area contributed by atoms with E-state index in [1.807, 2.05) is 17.7 Å². The second kappa shape index (κ2) is 6.60. The number of carbonyl (C=O) groups excluding carboxylic acids is 1. The summed E-state index contributed by atoms with van der Waals surface area (Å²) in [6, 6.07) is 4.85. The van der Waals surface area contributed by atoms with Gasteiger partial charge in [0.15, 0.2) is 0 Å². The topological polar surface area (TPSA) is 79.6 Å². The lowest BCUT2D eigenvalue weighted by Crippen LogP contribution is -2.41. The number of urea groups is 1. The molecule has 0 aliphatic carbocycles. The Hall–Kier alpha value is -2.70. The van der Waals surface area contributed by atoms with Crippen molar-refractivity contribution in [3.63, 3.8) is 0 Å². The Kier molecular flexibility index (Phi) is 4.36. The highest BCUT2D eigenvalue weighted by Crippen LogP contribution is 2.27. The van der Waals surface area contributed by atoms with E-state index in [1.165, 1.54) is 0 Å². The van der Waals surface area contributed by atoms with Crippen LogP contribution in [0.1, 0.15) is 11.4 Å². The molecule has 7 heteroatoms. The zero-order valence-electron chi connectivity index (χ0n) is 13.0. The predicted molar refractivity (Wildman–Crippen MR) is 84.4 cm³/mol. The van der Waals surface area contributed by atoms with E-state index in [0.717, 1.165) is 11.4 Å². The van der Waals surface area contributed by atoms with Crippen LogP contribution in [-0.2, 0) is 13.1 Å². The molecule has 0 radical (unpaired) electrons. The number of hydrogen-bond donors (Lipinski definition) is 2. The van der Waals surface area contributed by atoms with Gasteiger partial charge in [0.05, 0.1) is 13.1 Å². The zero-order chi connectivity index (χ0) is 16.2. The Morgan fingerprint density at radius 1 is 1.48 bits per heavy atom.